The molecule has 3 fully saturated rings. The Bertz CT molecular complexity index is 592. The van der Waals surface area contributed by atoms with Crippen LogP contribution in [0.4, 0.5) is 5.82 Å². The number of aliphatic hydroxyl groups is 1. The van der Waals surface area contributed by atoms with Crippen LogP contribution in [-0.4, -0.2) is 77.2 Å². The second-order valence-corrected chi connectivity index (χ2v) is 7.49. The van der Waals surface area contributed by atoms with Crippen LogP contribution >= 0.6 is 0 Å². The van der Waals surface area contributed by atoms with E-state index in [1.54, 1.807) is 6.20 Å². The van der Waals surface area contributed by atoms with Gasteiger partial charge in [-0.2, -0.15) is 0 Å². The zero-order chi connectivity index (χ0) is 17.2. The van der Waals surface area contributed by atoms with Crippen molar-refractivity contribution in [2.45, 2.75) is 44.2 Å². The number of aromatic nitrogens is 1. The highest BCUT2D eigenvalue weighted by atomic mass is 16.3. The molecule has 1 aromatic rings. The number of aliphatic hydroxyl groups excluding tert-OH is 1. The standard InChI is InChI=1S/C19H28N4O2/c24-17-5-3-4-16(17)21-10-12-23(13-11-21)19(25)15-6-7-18(20-14-15)22-8-1-2-9-22/h6-7,14,16-17,24H,1-5,8-13H2/t16-,17-/m0/s1. The van der Waals surface area contributed by atoms with E-state index < -0.39 is 0 Å². The lowest BCUT2D eigenvalue weighted by molar-refractivity contribution is 0.0315. The zero-order valence-electron chi connectivity index (χ0n) is 14.8. The van der Waals surface area contributed by atoms with Crippen LogP contribution in [0.5, 0.6) is 0 Å². The van der Waals surface area contributed by atoms with Gasteiger partial charge in [-0.05, 0) is 44.2 Å². The number of piperazine rings is 1. The fraction of sp³-hybridized carbons (Fsp3) is 0.684. The van der Waals surface area contributed by atoms with Crippen molar-refractivity contribution in [3.05, 3.63) is 23.9 Å². The summed E-state index contributed by atoms with van der Waals surface area (Å²) in [5, 5.41) is 10.1. The van der Waals surface area contributed by atoms with Crippen LogP contribution < -0.4 is 4.90 Å². The van der Waals surface area contributed by atoms with E-state index in [2.05, 4.69) is 14.8 Å². The van der Waals surface area contributed by atoms with E-state index in [9.17, 15) is 9.90 Å². The van der Waals surface area contributed by atoms with Gasteiger partial charge in [0.25, 0.3) is 5.91 Å². The van der Waals surface area contributed by atoms with Crippen molar-refractivity contribution in [1.29, 1.82) is 0 Å². The zero-order valence-corrected chi connectivity index (χ0v) is 14.8. The molecule has 0 bridgehead atoms. The van der Waals surface area contributed by atoms with Gasteiger partial charge in [-0.1, -0.05) is 0 Å². The minimum absolute atomic E-state index is 0.0760. The highest BCUT2D eigenvalue weighted by Crippen LogP contribution is 2.25. The summed E-state index contributed by atoms with van der Waals surface area (Å²) >= 11 is 0. The number of amides is 1. The van der Waals surface area contributed by atoms with Crippen molar-refractivity contribution < 1.29 is 9.90 Å². The monoisotopic (exact) mass is 344 g/mol. The minimum atomic E-state index is -0.190. The average molecular weight is 344 g/mol. The van der Waals surface area contributed by atoms with Crippen molar-refractivity contribution in [3.8, 4) is 0 Å². The second-order valence-electron chi connectivity index (χ2n) is 7.49. The van der Waals surface area contributed by atoms with E-state index >= 15 is 0 Å². The van der Waals surface area contributed by atoms with Gasteiger partial charge in [0.15, 0.2) is 0 Å². The fourth-order valence-corrected chi connectivity index (χ4v) is 4.43. The maximum absolute atomic E-state index is 12.7. The Hall–Kier alpha value is -1.66. The summed E-state index contributed by atoms with van der Waals surface area (Å²) in [6.07, 6.45) is 7.09. The molecule has 0 spiro atoms. The molecule has 1 N–H and O–H groups in total. The molecule has 0 aromatic carbocycles. The summed E-state index contributed by atoms with van der Waals surface area (Å²) in [5.74, 6) is 1.06. The Morgan fingerprint density at radius 3 is 2.36 bits per heavy atom. The minimum Gasteiger partial charge on any atom is -0.391 e. The Balaban J connectivity index is 1.34. The molecule has 0 radical (unpaired) electrons. The average Bonchev–Trinajstić information content (AvgIpc) is 3.33. The van der Waals surface area contributed by atoms with E-state index in [0.29, 0.717) is 11.6 Å². The van der Waals surface area contributed by atoms with Crippen LogP contribution in [0.1, 0.15) is 42.5 Å². The first-order valence-corrected chi connectivity index (χ1v) is 9.65. The van der Waals surface area contributed by atoms with Crippen LogP contribution in [0, 0.1) is 0 Å². The lowest BCUT2D eigenvalue weighted by Crippen LogP contribution is -2.53. The van der Waals surface area contributed by atoms with Crippen LogP contribution in [0.15, 0.2) is 18.3 Å². The summed E-state index contributed by atoms with van der Waals surface area (Å²) < 4.78 is 0. The van der Waals surface area contributed by atoms with Gasteiger partial charge in [-0.25, -0.2) is 4.98 Å². The van der Waals surface area contributed by atoms with Crippen LogP contribution in [0.3, 0.4) is 0 Å². The molecule has 4 rings (SSSR count). The fourth-order valence-electron chi connectivity index (χ4n) is 4.43. The predicted octanol–water partition coefficient (Wildman–Crippen LogP) is 1.35. The quantitative estimate of drug-likeness (QED) is 0.897. The Morgan fingerprint density at radius 2 is 1.76 bits per heavy atom. The molecular weight excluding hydrogens is 316 g/mol. The van der Waals surface area contributed by atoms with E-state index in [-0.39, 0.29) is 12.0 Å². The number of carbonyl (C=O) groups excluding carboxylic acids is 1. The third-order valence-corrected chi connectivity index (χ3v) is 5.94. The normalized spacial score (nSPS) is 27.9. The molecule has 2 atom stereocenters. The molecule has 2 saturated heterocycles. The largest absolute Gasteiger partial charge is 0.391 e. The molecule has 0 unspecified atom stereocenters. The third-order valence-electron chi connectivity index (χ3n) is 5.94. The first-order chi connectivity index (χ1) is 12.2. The van der Waals surface area contributed by atoms with E-state index in [0.717, 1.165) is 64.3 Å². The SMILES string of the molecule is O=C(c1ccc(N2CCCC2)nc1)N1CCN([C@H]2CCC[C@@H]2O)CC1. The number of anilines is 1. The highest BCUT2D eigenvalue weighted by Gasteiger charge is 2.33. The third kappa shape index (κ3) is 3.51. The first kappa shape index (κ1) is 16.8. The van der Waals surface area contributed by atoms with E-state index in [4.69, 9.17) is 0 Å². The molecule has 1 aromatic heterocycles. The van der Waals surface area contributed by atoms with Gasteiger partial charge in [-0.3, -0.25) is 9.69 Å². The smallest absolute Gasteiger partial charge is 0.255 e. The van der Waals surface area contributed by atoms with Gasteiger partial charge >= 0.3 is 0 Å². The number of rotatable bonds is 3. The Kier molecular flexibility index (Phi) is 4.90. The Morgan fingerprint density at radius 1 is 1.00 bits per heavy atom. The molecule has 6 nitrogen and oxygen atoms in total. The van der Waals surface area contributed by atoms with Crippen molar-refractivity contribution >= 4 is 11.7 Å². The summed E-state index contributed by atoms with van der Waals surface area (Å²) in [5.41, 5.74) is 0.678. The first-order valence-electron chi connectivity index (χ1n) is 9.65. The molecule has 3 heterocycles. The second kappa shape index (κ2) is 7.30. The van der Waals surface area contributed by atoms with E-state index in [1.165, 1.54) is 12.8 Å². The number of hydrogen-bond acceptors (Lipinski definition) is 5. The molecule has 25 heavy (non-hydrogen) atoms. The highest BCUT2D eigenvalue weighted by molar-refractivity contribution is 5.94. The van der Waals surface area contributed by atoms with Crippen molar-refractivity contribution in [2.24, 2.45) is 0 Å². The summed E-state index contributed by atoms with van der Waals surface area (Å²) in [6, 6.07) is 4.18. The van der Waals surface area contributed by atoms with Crippen LogP contribution in [-0.2, 0) is 0 Å². The lowest BCUT2D eigenvalue weighted by Gasteiger charge is -2.39. The molecule has 136 valence electrons. The van der Waals surface area contributed by atoms with E-state index in [1.807, 2.05) is 17.0 Å². The van der Waals surface area contributed by atoms with Gasteiger partial charge in [-0.15, -0.1) is 0 Å². The van der Waals surface area contributed by atoms with Crippen LogP contribution in [0.2, 0.25) is 0 Å². The number of carbonyl (C=O) groups is 1. The van der Waals surface area contributed by atoms with Gasteiger partial charge in [0.05, 0.1) is 11.7 Å². The van der Waals surface area contributed by atoms with Crippen molar-refractivity contribution in [1.82, 2.24) is 14.8 Å². The van der Waals surface area contributed by atoms with Gasteiger partial charge in [0, 0.05) is 51.5 Å². The molecule has 1 aliphatic carbocycles. The van der Waals surface area contributed by atoms with Crippen molar-refractivity contribution in [2.75, 3.05) is 44.2 Å². The van der Waals surface area contributed by atoms with Gasteiger partial charge in [0.1, 0.15) is 5.82 Å². The van der Waals surface area contributed by atoms with Gasteiger partial charge < -0.3 is 14.9 Å². The van der Waals surface area contributed by atoms with Gasteiger partial charge in [0.2, 0.25) is 0 Å². The molecular formula is C19H28N4O2. The number of nitrogens with zero attached hydrogens (tertiary/aromatic N) is 4. The molecule has 6 heteroatoms. The number of pyridine rings is 1. The topological polar surface area (TPSA) is 59.9 Å². The summed E-state index contributed by atoms with van der Waals surface area (Å²) in [7, 11) is 0. The molecule has 2 aliphatic heterocycles. The summed E-state index contributed by atoms with van der Waals surface area (Å²) in [4.78, 5) is 23.8. The predicted molar refractivity (Wildman–Crippen MR) is 96.8 cm³/mol. The van der Waals surface area contributed by atoms with Crippen molar-refractivity contribution in [3.63, 3.8) is 0 Å². The molecule has 3 aliphatic rings. The maximum atomic E-state index is 12.7. The van der Waals surface area contributed by atoms with Crippen LogP contribution in [0.25, 0.3) is 0 Å². The summed E-state index contributed by atoms with van der Waals surface area (Å²) in [6.45, 7) is 5.30. The number of hydrogen-bond donors (Lipinski definition) is 1. The molecule has 1 amide bonds. The maximum Gasteiger partial charge on any atom is 0.255 e. The Labute approximate surface area is 149 Å². The molecule has 1 saturated carbocycles. The lowest BCUT2D eigenvalue weighted by atomic mass is 10.1.